The van der Waals surface area contributed by atoms with Crippen LogP contribution < -0.4 is 5.31 Å². The third kappa shape index (κ3) is 0.716. The van der Waals surface area contributed by atoms with Gasteiger partial charge < -0.3 is 5.31 Å². The molecule has 6 heavy (non-hydrogen) atoms. The highest BCUT2D eigenvalue weighted by atomic mass is 14.9. The number of rotatable bonds is 0. The van der Waals surface area contributed by atoms with Crippen molar-refractivity contribution in [2.75, 3.05) is 6.54 Å². The second-order valence-corrected chi connectivity index (χ2v) is 1.72. The molecule has 1 aliphatic heterocycles. The van der Waals surface area contributed by atoms with Crippen LogP contribution in [0.25, 0.3) is 0 Å². The summed E-state index contributed by atoms with van der Waals surface area (Å²) in [6.45, 7) is 2.55. The summed E-state index contributed by atoms with van der Waals surface area (Å²) in [5, 5.41) is 1.34. The van der Waals surface area contributed by atoms with Crippen LogP contribution in [0.5, 0.6) is 0 Å². The average molecular weight is 87.2 g/mol. The summed E-state index contributed by atoms with van der Waals surface area (Å²) in [5.74, 6) is 0. The Kier molecular flexibility index (Phi) is 0.619. The van der Waals surface area contributed by atoms with Crippen LogP contribution in [0, 0.1) is 0 Å². The SMILES string of the molecule is [2H]N1CCCC1([2H])C. The summed E-state index contributed by atoms with van der Waals surface area (Å²) < 4.78 is 14.6. The summed E-state index contributed by atoms with van der Waals surface area (Å²) in [7, 11) is 0. The van der Waals surface area contributed by atoms with Gasteiger partial charge in [0.05, 0.1) is 0 Å². The molecule has 1 fully saturated rings. The van der Waals surface area contributed by atoms with Gasteiger partial charge in [-0.15, -0.1) is 0 Å². The lowest BCUT2D eigenvalue weighted by Crippen LogP contribution is -2.16. The Morgan fingerprint density at radius 1 is 2.17 bits per heavy atom. The smallest absolute Gasteiger partial charge is 0.122 e. The minimum Gasteiger partial charge on any atom is -0.314 e. The highest BCUT2D eigenvalue weighted by Crippen LogP contribution is 2.01. The molecule has 0 aromatic rings. The third-order valence-electron chi connectivity index (χ3n) is 1.08. The molecule has 0 aromatic heterocycles. The topological polar surface area (TPSA) is 12.0 Å². The largest absolute Gasteiger partial charge is 0.314 e. The van der Waals surface area contributed by atoms with E-state index in [1.165, 1.54) is 5.31 Å². The van der Waals surface area contributed by atoms with E-state index in [9.17, 15) is 0 Å². The zero-order chi connectivity index (χ0) is 6.20. The van der Waals surface area contributed by atoms with Crippen LogP contribution in [0.1, 0.15) is 21.1 Å². The molecule has 1 atom stereocenters. The van der Waals surface area contributed by atoms with Crippen molar-refractivity contribution >= 4 is 0 Å². The summed E-state index contributed by atoms with van der Waals surface area (Å²) in [4.78, 5) is 0. The predicted molar refractivity (Wildman–Crippen MR) is 26.7 cm³/mol. The van der Waals surface area contributed by atoms with Crippen molar-refractivity contribution in [1.82, 2.24) is 5.31 Å². The summed E-state index contributed by atoms with van der Waals surface area (Å²) in [6, 6.07) is -0.597. The molecule has 0 aromatic carbocycles. The van der Waals surface area contributed by atoms with Crippen molar-refractivity contribution in [2.24, 2.45) is 0 Å². The van der Waals surface area contributed by atoms with Crippen molar-refractivity contribution in [3.8, 4) is 0 Å². The minimum atomic E-state index is -0.597. The molecule has 36 valence electrons. The Labute approximate surface area is 41.6 Å². The molecule has 1 unspecified atom stereocenters. The maximum absolute atomic E-state index is 7.43. The highest BCUT2D eigenvalue weighted by Gasteiger charge is 2.05. The second kappa shape index (κ2) is 1.61. The van der Waals surface area contributed by atoms with Crippen LogP contribution in [-0.4, -0.2) is 12.6 Å². The standard InChI is InChI=1S/C5H11N/c1-5-3-2-4-6-5/h5-6H,2-4H2,1H3/i5D/hD. The van der Waals surface area contributed by atoms with Crippen molar-refractivity contribution < 1.29 is 2.78 Å². The fourth-order valence-corrected chi connectivity index (χ4v) is 0.684. The average Bonchev–Trinajstić information content (AvgIpc) is 1.86. The first-order valence-corrected chi connectivity index (χ1v) is 2.39. The molecule has 0 aliphatic carbocycles. The predicted octanol–water partition coefficient (Wildman–Crippen LogP) is 0.758. The Morgan fingerprint density at radius 2 is 3.00 bits per heavy atom. The van der Waals surface area contributed by atoms with Gasteiger partial charge in [0.1, 0.15) is 1.41 Å². The first-order valence-electron chi connectivity index (χ1n) is 3.34. The second-order valence-electron chi connectivity index (χ2n) is 1.72. The van der Waals surface area contributed by atoms with E-state index in [0.29, 0.717) is 0 Å². The fraction of sp³-hybridized carbons (Fsp3) is 1.00. The molecule has 1 heteroatoms. The normalized spacial score (nSPS) is 54.8. The van der Waals surface area contributed by atoms with Gasteiger partial charge >= 0.3 is 0 Å². The van der Waals surface area contributed by atoms with Gasteiger partial charge in [0.25, 0.3) is 0 Å². The van der Waals surface area contributed by atoms with Crippen LogP contribution in [0.2, 0.25) is 1.41 Å². The molecule has 0 amide bonds. The molecule has 0 radical (unpaired) electrons. The molecule has 1 saturated heterocycles. The van der Waals surface area contributed by atoms with Crippen LogP contribution >= 0.6 is 0 Å². The Hall–Kier alpha value is -0.0400. The number of hydrogen-bond acceptors (Lipinski definition) is 1. The van der Waals surface area contributed by atoms with Crippen molar-refractivity contribution in [1.29, 1.82) is 0 Å². The Morgan fingerprint density at radius 3 is 3.17 bits per heavy atom. The van der Waals surface area contributed by atoms with E-state index < -0.39 is 6.02 Å². The van der Waals surface area contributed by atoms with Gasteiger partial charge in [-0.1, -0.05) is 0 Å². The van der Waals surface area contributed by atoms with Crippen molar-refractivity contribution in [2.45, 2.75) is 25.8 Å². The van der Waals surface area contributed by atoms with Crippen molar-refractivity contribution in [3.63, 3.8) is 0 Å². The Bertz CT molecular complexity index is 92.4. The fourth-order valence-electron chi connectivity index (χ4n) is 0.684. The quantitative estimate of drug-likeness (QED) is 0.460. The first kappa shape index (κ1) is 2.31. The van der Waals surface area contributed by atoms with Gasteiger partial charge in [-0.05, 0) is 26.3 Å². The molecule has 0 spiro atoms. The molecule has 1 nitrogen and oxygen atoms in total. The lowest BCUT2D eigenvalue weighted by atomic mass is 10.3. The van der Waals surface area contributed by atoms with Crippen LogP contribution in [0.3, 0.4) is 0 Å². The molecule has 0 bridgehead atoms. The summed E-state index contributed by atoms with van der Waals surface area (Å²) in [5.41, 5.74) is 0. The van der Waals surface area contributed by atoms with Crippen molar-refractivity contribution in [3.05, 3.63) is 0 Å². The molecule has 1 heterocycles. The van der Waals surface area contributed by atoms with Crippen LogP contribution in [-0.2, 0) is 0 Å². The molecular weight excluding hydrogens is 74.1 g/mol. The molecule has 0 saturated carbocycles. The van der Waals surface area contributed by atoms with E-state index >= 15 is 0 Å². The zero-order valence-electron chi connectivity index (χ0n) is 6.07. The third-order valence-corrected chi connectivity index (χ3v) is 1.08. The van der Waals surface area contributed by atoms with E-state index in [2.05, 4.69) is 0 Å². The number of hydrogen-bond donors (Lipinski definition) is 1. The lowest BCUT2D eigenvalue weighted by molar-refractivity contribution is 0.664. The summed E-state index contributed by atoms with van der Waals surface area (Å²) in [6.07, 6.45) is 1.85. The van der Waals surface area contributed by atoms with E-state index in [-0.39, 0.29) is 0 Å². The lowest BCUT2D eigenvalue weighted by Gasteiger charge is -1.95. The van der Waals surface area contributed by atoms with E-state index in [1.54, 1.807) is 6.92 Å². The van der Waals surface area contributed by atoms with Gasteiger partial charge in [-0.3, -0.25) is 0 Å². The van der Waals surface area contributed by atoms with Gasteiger partial charge in [0, 0.05) is 7.39 Å². The van der Waals surface area contributed by atoms with Gasteiger partial charge in [0.2, 0.25) is 0 Å². The van der Waals surface area contributed by atoms with Gasteiger partial charge in [-0.25, -0.2) is 0 Å². The maximum atomic E-state index is 7.43. The molecular formula is C5H11N. The highest BCUT2D eigenvalue weighted by molar-refractivity contribution is 4.67. The maximum Gasteiger partial charge on any atom is 0.122 e. The van der Waals surface area contributed by atoms with Crippen LogP contribution in [0.15, 0.2) is 0 Å². The number of nitrogens with one attached hydrogen (secondary N) is 1. The molecule has 1 rings (SSSR count). The monoisotopic (exact) mass is 87.1 g/mol. The molecule has 1 aliphatic rings. The van der Waals surface area contributed by atoms with E-state index in [0.717, 1.165) is 19.4 Å². The first-order chi connectivity index (χ1) is 3.63. The minimum absolute atomic E-state index is 0.597. The summed E-state index contributed by atoms with van der Waals surface area (Å²) >= 11 is 0. The van der Waals surface area contributed by atoms with Crippen LogP contribution in [0.4, 0.5) is 0 Å². The van der Waals surface area contributed by atoms with Gasteiger partial charge in [0.15, 0.2) is 0 Å². The zero-order valence-corrected chi connectivity index (χ0v) is 4.07. The Balaban J connectivity index is 2.54. The van der Waals surface area contributed by atoms with E-state index in [4.69, 9.17) is 2.78 Å². The van der Waals surface area contributed by atoms with Gasteiger partial charge in [-0.2, -0.15) is 0 Å². The van der Waals surface area contributed by atoms with E-state index in [1.807, 2.05) is 0 Å². The molecule has 1 N–H and O–H groups in total.